The van der Waals surface area contributed by atoms with Gasteiger partial charge in [0.05, 0.1) is 6.10 Å². The number of aliphatic hydroxyl groups excluding tert-OH is 1. The monoisotopic (exact) mass is 187 g/mol. The number of nitrogens with one attached hydrogen (secondary N) is 1. The summed E-state index contributed by atoms with van der Waals surface area (Å²) in [4.78, 5) is 7.60. The third-order valence-electron chi connectivity index (χ3n) is 1.20. The maximum atomic E-state index is 8.94. The summed E-state index contributed by atoms with van der Waals surface area (Å²) in [5, 5.41) is 12.0. The van der Waals surface area contributed by atoms with Crippen LogP contribution in [-0.2, 0) is 0 Å². The molecule has 0 radical (unpaired) electrons. The number of hydrogen-bond acceptors (Lipinski definition) is 4. The fourth-order valence-corrected chi connectivity index (χ4v) is 0.833. The Morgan fingerprint density at radius 1 is 1.75 bits per heavy atom. The molecule has 0 amide bonds. The zero-order valence-electron chi connectivity index (χ0n) is 6.66. The predicted molar refractivity (Wildman–Crippen MR) is 47.2 cm³/mol. The third-order valence-corrected chi connectivity index (χ3v) is 1.39. The van der Waals surface area contributed by atoms with Gasteiger partial charge in [-0.1, -0.05) is 0 Å². The van der Waals surface area contributed by atoms with Gasteiger partial charge in [0.2, 0.25) is 5.28 Å². The number of anilines is 1. The van der Waals surface area contributed by atoms with Crippen molar-refractivity contribution in [1.82, 2.24) is 9.97 Å². The number of halogens is 1. The lowest BCUT2D eigenvalue weighted by Crippen LogP contribution is -2.16. The van der Waals surface area contributed by atoms with Crippen molar-refractivity contribution < 1.29 is 5.11 Å². The van der Waals surface area contributed by atoms with Crippen molar-refractivity contribution in [2.45, 2.75) is 13.0 Å². The molecular weight excluding hydrogens is 178 g/mol. The van der Waals surface area contributed by atoms with Crippen LogP contribution in [-0.4, -0.2) is 27.7 Å². The van der Waals surface area contributed by atoms with E-state index in [0.717, 1.165) is 0 Å². The molecule has 4 nitrogen and oxygen atoms in total. The van der Waals surface area contributed by atoms with Gasteiger partial charge in [-0.2, -0.15) is 0 Å². The Bertz CT molecular complexity index is 254. The number of aromatic nitrogens is 2. The van der Waals surface area contributed by atoms with Crippen LogP contribution in [0.3, 0.4) is 0 Å². The van der Waals surface area contributed by atoms with Crippen molar-refractivity contribution >= 4 is 17.4 Å². The highest BCUT2D eigenvalue weighted by Gasteiger charge is 1.97. The van der Waals surface area contributed by atoms with Crippen molar-refractivity contribution in [2.75, 3.05) is 11.9 Å². The fourth-order valence-electron chi connectivity index (χ4n) is 0.686. The minimum Gasteiger partial charge on any atom is -0.392 e. The van der Waals surface area contributed by atoms with Crippen molar-refractivity contribution in [3.05, 3.63) is 17.5 Å². The topological polar surface area (TPSA) is 58.0 Å². The Kier molecular flexibility index (Phi) is 3.25. The van der Waals surface area contributed by atoms with Crippen molar-refractivity contribution in [3.8, 4) is 0 Å². The van der Waals surface area contributed by atoms with Crippen LogP contribution in [0.1, 0.15) is 6.92 Å². The summed E-state index contributed by atoms with van der Waals surface area (Å²) < 4.78 is 0. The predicted octanol–water partition coefficient (Wildman–Crippen LogP) is 0.923. The van der Waals surface area contributed by atoms with Gasteiger partial charge >= 0.3 is 0 Å². The third kappa shape index (κ3) is 3.02. The van der Waals surface area contributed by atoms with Crippen molar-refractivity contribution in [2.24, 2.45) is 0 Å². The molecule has 0 aliphatic heterocycles. The first-order chi connectivity index (χ1) is 5.68. The highest BCUT2D eigenvalue weighted by atomic mass is 35.5. The zero-order chi connectivity index (χ0) is 8.97. The van der Waals surface area contributed by atoms with E-state index in [1.165, 1.54) is 0 Å². The molecule has 0 bridgehead atoms. The summed E-state index contributed by atoms with van der Waals surface area (Å²) in [7, 11) is 0. The lowest BCUT2D eigenvalue weighted by molar-refractivity contribution is 0.208. The van der Waals surface area contributed by atoms with E-state index in [2.05, 4.69) is 15.3 Å². The Hall–Kier alpha value is -0.870. The quantitative estimate of drug-likeness (QED) is 0.691. The SMILES string of the molecule is CC(O)CNc1ccnc(Cl)n1. The summed E-state index contributed by atoms with van der Waals surface area (Å²) in [5.74, 6) is 0.621. The van der Waals surface area contributed by atoms with Crippen LogP contribution in [0.25, 0.3) is 0 Å². The number of hydrogen-bond donors (Lipinski definition) is 2. The Balaban J connectivity index is 2.52. The molecule has 1 aromatic rings. The molecule has 1 unspecified atom stereocenters. The molecule has 1 rings (SSSR count). The van der Waals surface area contributed by atoms with E-state index in [9.17, 15) is 0 Å². The molecule has 0 spiro atoms. The van der Waals surface area contributed by atoms with Gasteiger partial charge in [-0.15, -0.1) is 0 Å². The van der Waals surface area contributed by atoms with Gasteiger partial charge in [-0.25, -0.2) is 9.97 Å². The minimum absolute atomic E-state index is 0.200. The largest absolute Gasteiger partial charge is 0.392 e. The first kappa shape index (κ1) is 9.22. The standard InChI is InChI=1S/C7H10ClN3O/c1-5(12)4-10-6-2-3-9-7(8)11-6/h2-3,5,12H,4H2,1H3,(H,9,10,11). The maximum absolute atomic E-state index is 8.94. The minimum atomic E-state index is -0.404. The Morgan fingerprint density at radius 3 is 3.08 bits per heavy atom. The van der Waals surface area contributed by atoms with Crippen LogP contribution < -0.4 is 5.32 Å². The number of rotatable bonds is 3. The van der Waals surface area contributed by atoms with Crippen molar-refractivity contribution in [1.29, 1.82) is 0 Å². The van der Waals surface area contributed by atoms with Gasteiger partial charge in [0.15, 0.2) is 0 Å². The summed E-state index contributed by atoms with van der Waals surface area (Å²) in [5.41, 5.74) is 0. The molecule has 1 heterocycles. The lowest BCUT2D eigenvalue weighted by atomic mass is 10.4. The van der Waals surface area contributed by atoms with E-state index in [1.54, 1.807) is 19.2 Å². The van der Waals surface area contributed by atoms with Crippen LogP contribution in [0, 0.1) is 0 Å². The summed E-state index contributed by atoms with van der Waals surface area (Å²) in [6.07, 6.45) is 1.15. The lowest BCUT2D eigenvalue weighted by Gasteiger charge is -2.06. The van der Waals surface area contributed by atoms with Crippen molar-refractivity contribution in [3.63, 3.8) is 0 Å². The average molecular weight is 188 g/mol. The normalized spacial score (nSPS) is 12.6. The van der Waals surface area contributed by atoms with E-state index in [1.807, 2.05) is 0 Å². The zero-order valence-corrected chi connectivity index (χ0v) is 7.41. The number of nitrogens with zero attached hydrogens (tertiary/aromatic N) is 2. The molecule has 0 fully saturated rings. The molecule has 2 N–H and O–H groups in total. The second-order valence-corrected chi connectivity index (χ2v) is 2.78. The van der Waals surface area contributed by atoms with Gasteiger partial charge < -0.3 is 10.4 Å². The smallest absolute Gasteiger partial charge is 0.224 e. The molecule has 0 saturated carbocycles. The summed E-state index contributed by atoms with van der Waals surface area (Å²) >= 11 is 5.54. The highest BCUT2D eigenvalue weighted by Crippen LogP contribution is 2.05. The molecule has 0 saturated heterocycles. The summed E-state index contributed by atoms with van der Waals surface area (Å²) in [6, 6.07) is 1.69. The van der Waals surface area contributed by atoms with E-state index in [0.29, 0.717) is 12.4 Å². The highest BCUT2D eigenvalue weighted by molar-refractivity contribution is 6.28. The molecule has 0 aromatic carbocycles. The second-order valence-electron chi connectivity index (χ2n) is 2.44. The fraction of sp³-hybridized carbons (Fsp3) is 0.429. The van der Waals surface area contributed by atoms with Gasteiger partial charge in [-0.3, -0.25) is 0 Å². The van der Waals surface area contributed by atoms with Crippen LogP contribution in [0.15, 0.2) is 12.3 Å². The molecular formula is C7H10ClN3O. The molecule has 1 aromatic heterocycles. The van der Waals surface area contributed by atoms with Gasteiger partial charge in [0.25, 0.3) is 0 Å². The molecule has 12 heavy (non-hydrogen) atoms. The molecule has 0 aliphatic rings. The van der Waals surface area contributed by atoms with Gasteiger partial charge in [-0.05, 0) is 24.6 Å². The molecule has 5 heteroatoms. The molecule has 0 aliphatic carbocycles. The van der Waals surface area contributed by atoms with Crippen LogP contribution >= 0.6 is 11.6 Å². The molecule has 1 atom stereocenters. The van der Waals surface area contributed by atoms with Crippen LogP contribution in [0.5, 0.6) is 0 Å². The maximum Gasteiger partial charge on any atom is 0.224 e. The Labute approximate surface area is 75.6 Å². The van der Waals surface area contributed by atoms with E-state index in [4.69, 9.17) is 16.7 Å². The Morgan fingerprint density at radius 2 is 2.50 bits per heavy atom. The van der Waals surface area contributed by atoms with E-state index in [-0.39, 0.29) is 5.28 Å². The van der Waals surface area contributed by atoms with Crippen LogP contribution in [0.2, 0.25) is 5.28 Å². The van der Waals surface area contributed by atoms with Gasteiger partial charge in [0.1, 0.15) is 5.82 Å². The first-order valence-electron chi connectivity index (χ1n) is 3.59. The average Bonchev–Trinajstić information content (AvgIpc) is 2.01. The first-order valence-corrected chi connectivity index (χ1v) is 3.97. The van der Waals surface area contributed by atoms with E-state index < -0.39 is 6.10 Å². The van der Waals surface area contributed by atoms with E-state index >= 15 is 0 Å². The van der Waals surface area contributed by atoms with Gasteiger partial charge in [0, 0.05) is 12.7 Å². The number of aliphatic hydroxyl groups is 1. The van der Waals surface area contributed by atoms with Crippen LogP contribution in [0.4, 0.5) is 5.82 Å². The second kappa shape index (κ2) is 4.23. The molecule has 66 valence electrons. The summed E-state index contributed by atoms with van der Waals surface area (Å²) in [6.45, 7) is 2.14.